The van der Waals surface area contributed by atoms with Crippen LogP contribution >= 0.6 is 28.1 Å². The number of benzene rings is 2. The highest BCUT2D eigenvalue weighted by molar-refractivity contribution is 9.10. The van der Waals surface area contributed by atoms with Gasteiger partial charge >= 0.3 is 0 Å². The van der Waals surface area contributed by atoms with E-state index in [0.29, 0.717) is 11.3 Å². The largest absolute Gasteiger partial charge is 0.454 e. The van der Waals surface area contributed by atoms with Crippen LogP contribution in [0.1, 0.15) is 5.56 Å². The van der Waals surface area contributed by atoms with Gasteiger partial charge < -0.3 is 10.5 Å². The third-order valence-corrected chi connectivity index (χ3v) is 2.98. The van der Waals surface area contributed by atoms with Crippen LogP contribution in [0, 0.1) is 5.82 Å². The normalized spacial score (nSPS) is 10.1. The first-order chi connectivity index (χ1) is 8.58. The minimum absolute atomic E-state index is 0.133. The van der Waals surface area contributed by atoms with Crippen molar-refractivity contribution < 1.29 is 9.13 Å². The summed E-state index contributed by atoms with van der Waals surface area (Å²) in [7, 11) is 0. The van der Waals surface area contributed by atoms with Crippen molar-refractivity contribution in [2.24, 2.45) is 5.73 Å². The molecule has 0 aromatic heterocycles. The Morgan fingerprint density at radius 1 is 1.17 bits per heavy atom. The molecular formula is C13H9BrFNOS. The van der Waals surface area contributed by atoms with E-state index in [2.05, 4.69) is 15.9 Å². The van der Waals surface area contributed by atoms with Gasteiger partial charge in [-0.1, -0.05) is 40.3 Å². The van der Waals surface area contributed by atoms with E-state index in [-0.39, 0.29) is 10.7 Å². The van der Waals surface area contributed by atoms with Crippen LogP contribution in [0.4, 0.5) is 4.39 Å². The third kappa shape index (κ3) is 2.86. The van der Waals surface area contributed by atoms with Crippen molar-refractivity contribution in [1.82, 2.24) is 0 Å². The number of rotatable bonds is 3. The Balaban J connectivity index is 2.42. The first-order valence-electron chi connectivity index (χ1n) is 5.09. The van der Waals surface area contributed by atoms with Crippen molar-refractivity contribution in [3.8, 4) is 11.5 Å². The van der Waals surface area contributed by atoms with Gasteiger partial charge in [0.25, 0.3) is 0 Å². The Bertz CT molecular complexity index is 603. The SMILES string of the molecule is NC(=S)c1ccc(Br)cc1Oc1ccccc1F. The quantitative estimate of drug-likeness (QED) is 0.866. The number of hydrogen-bond acceptors (Lipinski definition) is 2. The highest BCUT2D eigenvalue weighted by atomic mass is 79.9. The second kappa shape index (κ2) is 5.46. The predicted molar refractivity (Wildman–Crippen MR) is 76.5 cm³/mol. The standard InChI is InChI=1S/C13H9BrFNOS/c14-8-5-6-9(13(16)18)12(7-8)17-11-4-2-1-3-10(11)15/h1-7H,(H2,16,18). The van der Waals surface area contributed by atoms with E-state index in [1.165, 1.54) is 6.07 Å². The van der Waals surface area contributed by atoms with E-state index >= 15 is 0 Å². The van der Waals surface area contributed by atoms with Crippen molar-refractivity contribution in [3.63, 3.8) is 0 Å². The molecule has 0 aliphatic rings. The lowest BCUT2D eigenvalue weighted by atomic mass is 10.2. The fourth-order valence-electron chi connectivity index (χ4n) is 1.43. The van der Waals surface area contributed by atoms with Gasteiger partial charge in [0, 0.05) is 4.47 Å². The minimum Gasteiger partial charge on any atom is -0.454 e. The Morgan fingerprint density at radius 3 is 2.56 bits per heavy atom. The first kappa shape index (κ1) is 13.0. The van der Waals surface area contributed by atoms with Crippen molar-refractivity contribution in [2.45, 2.75) is 0 Å². The summed E-state index contributed by atoms with van der Waals surface area (Å²) < 4.78 is 19.8. The van der Waals surface area contributed by atoms with Gasteiger partial charge in [-0.05, 0) is 30.3 Å². The molecule has 5 heteroatoms. The molecule has 2 N–H and O–H groups in total. The molecule has 0 atom stereocenters. The van der Waals surface area contributed by atoms with Gasteiger partial charge in [0.15, 0.2) is 11.6 Å². The van der Waals surface area contributed by atoms with Gasteiger partial charge in [0.05, 0.1) is 5.56 Å². The van der Waals surface area contributed by atoms with Gasteiger partial charge in [-0.2, -0.15) is 0 Å². The van der Waals surface area contributed by atoms with Crippen LogP contribution in [-0.2, 0) is 0 Å². The van der Waals surface area contributed by atoms with E-state index in [0.717, 1.165) is 4.47 Å². The summed E-state index contributed by atoms with van der Waals surface area (Å²) in [6.07, 6.45) is 0. The van der Waals surface area contributed by atoms with E-state index in [1.807, 2.05) is 0 Å². The number of hydrogen-bond donors (Lipinski definition) is 1. The van der Waals surface area contributed by atoms with Crippen LogP contribution < -0.4 is 10.5 Å². The number of nitrogens with two attached hydrogens (primary N) is 1. The van der Waals surface area contributed by atoms with Crippen molar-refractivity contribution >= 4 is 33.1 Å². The first-order valence-corrected chi connectivity index (χ1v) is 6.30. The Kier molecular flexibility index (Phi) is 3.93. The molecule has 0 aliphatic carbocycles. The molecule has 0 heterocycles. The fraction of sp³-hybridized carbons (Fsp3) is 0. The summed E-state index contributed by atoms with van der Waals surface area (Å²) in [5.74, 6) is 0.112. The Morgan fingerprint density at radius 2 is 1.89 bits per heavy atom. The maximum atomic E-state index is 13.5. The molecule has 0 saturated heterocycles. The third-order valence-electron chi connectivity index (χ3n) is 2.27. The predicted octanol–water partition coefficient (Wildman–Crippen LogP) is 4.01. The second-order valence-corrected chi connectivity index (χ2v) is 4.89. The molecule has 18 heavy (non-hydrogen) atoms. The molecule has 2 aromatic carbocycles. The molecule has 0 unspecified atom stereocenters. The van der Waals surface area contributed by atoms with Gasteiger partial charge in [-0.3, -0.25) is 0 Å². The maximum absolute atomic E-state index is 13.5. The fourth-order valence-corrected chi connectivity index (χ4v) is 1.94. The van der Waals surface area contributed by atoms with Gasteiger partial charge in [0.1, 0.15) is 10.7 Å². The molecule has 2 rings (SSSR count). The molecule has 0 aliphatic heterocycles. The van der Waals surface area contributed by atoms with Crippen LogP contribution in [0.15, 0.2) is 46.9 Å². The Labute approximate surface area is 118 Å². The van der Waals surface area contributed by atoms with E-state index in [4.69, 9.17) is 22.7 Å². The summed E-state index contributed by atoms with van der Waals surface area (Å²) in [6.45, 7) is 0. The molecule has 92 valence electrons. The highest BCUT2D eigenvalue weighted by Crippen LogP contribution is 2.29. The topological polar surface area (TPSA) is 35.2 Å². The van der Waals surface area contributed by atoms with Crippen LogP contribution in [0.25, 0.3) is 0 Å². The summed E-state index contributed by atoms with van der Waals surface area (Å²) >= 11 is 8.25. The lowest BCUT2D eigenvalue weighted by molar-refractivity contribution is 0.441. The molecule has 0 spiro atoms. The van der Waals surface area contributed by atoms with Crippen LogP contribution in [0.2, 0.25) is 0 Å². The van der Waals surface area contributed by atoms with Gasteiger partial charge in [0.2, 0.25) is 0 Å². The molecule has 0 bridgehead atoms. The molecular weight excluding hydrogens is 317 g/mol. The van der Waals surface area contributed by atoms with Crippen LogP contribution in [-0.4, -0.2) is 4.99 Å². The summed E-state index contributed by atoms with van der Waals surface area (Å²) in [6, 6.07) is 11.4. The molecule has 2 nitrogen and oxygen atoms in total. The smallest absolute Gasteiger partial charge is 0.165 e. The lowest BCUT2D eigenvalue weighted by Gasteiger charge is -2.11. The zero-order valence-corrected chi connectivity index (χ0v) is 11.6. The average molecular weight is 326 g/mol. The molecule has 0 fully saturated rings. The van der Waals surface area contributed by atoms with Crippen molar-refractivity contribution in [2.75, 3.05) is 0 Å². The molecule has 0 radical (unpaired) electrons. The lowest BCUT2D eigenvalue weighted by Crippen LogP contribution is -2.10. The van der Waals surface area contributed by atoms with Gasteiger partial charge in [-0.15, -0.1) is 0 Å². The zero-order valence-electron chi connectivity index (χ0n) is 9.19. The molecule has 0 amide bonds. The monoisotopic (exact) mass is 325 g/mol. The summed E-state index contributed by atoms with van der Waals surface area (Å²) in [4.78, 5) is 0.203. The number of para-hydroxylation sites is 1. The van der Waals surface area contributed by atoms with E-state index in [1.54, 1.807) is 36.4 Å². The Hall–Kier alpha value is -1.46. The minimum atomic E-state index is -0.439. The van der Waals surface area contributed by atoms with E-state index in [9.17, 15) is 4.39 Å². The molecule has 2 aromatic rings. The van der Waals surface area contributed by atoms with Gasteiger partial charge in [-0.25, -0.2) is 4.39 Å². The van der Waals surface area contributed by atoms with Crippen LogP contribution in [0.3, 0.4) is 0 Å². The maximum Gasteiger partial charge on any atom is 0.165 e. The van der Waals surface area contributed by atoms with Crippen LogP contribution in [0.5, 0.6) is 11.5 Å². The number of halogens is 2. The molecule has 0 saturated carbocycles. The highest BCUT2D eigenvalue weighted by Gasteiger charge is 2.10. The van der Waals surface area contributed by atoms with Crippen molar-refractivity contribution in [3.05, 3.63) is 58.3 Å². The summed E-state index contributed by atoms with van der Waals surface area (Å²) in [5, 5.41) is 0. The number of thiocarbonyl (C=S) groups is 1. The van der Waals surface area contributed by atoms with E-state index < -0.39 is 5.82 Å². The number of ether oxygens (including phenoxy) is 1. The summed E-state index contributed by atoms with van der Waals surface area (Å²) in [5.41, 5.74) is 6.16. The second-order valence-electron chi connectivity index (χ2n) is 3.54. The average Bonchev–Trinajstić information content (AvgIpc) is 2.32. The zero-order chi connectivity index (χ0) is 13.1. The van der Waals surface area contributed by atoms with Crippen molar-refractivity contribution in [1.29, 1.82) is 0 Å².